The Kier molecular flexibility index (Phi) is 7.39. The van der Waals surface area contributed by atoms with E-state index in [9.17, 15) is 35.9 Å². The number of hydrogen-bond acceptors (Lipinski definition) is 5. The molecule has 0 spiro atoms. The number of alkyl halides is 6. The zero-order valence-corrected chi connectivity index (χ0v) is 15.5. The molecule has 0 atom stereocenters. The van der Waals surface area contributed by atoms with Crippen LogP contribution < -0.4 is 5.32 Å². The minimum Gasteiger partial charge on any atom is -0.480 e. The zero-order valence-electron chi connectivity index (χ0n) is 15.5. The van der Waals surface area contributed by atoms with Gasteiger partial charge in [-0.15, -0.1) is 0 Å². The molecule has 1 amide bonds. The number of hydrogen-bond donors (Lipinski definition) is 2. The highest BCUT2D eigenvalue weighted by molar-refractivity contribution is 5.73. The Hall–Kier alpha value is -2.70. The fourth-order valence-corrected chi connectivity index (χ4v) is 2.83. The Balaban J connectivity index is 1.92. The second-order valence-corrected chi connectivity index (χ2v) is 6.51. The topological polar surface area (TPSA) is 82.1 Å². The summed E-state index contributed by atoms with van der Waals surface area (Å²) in [6.07, 6.45) is -17.4. The Labute approximate surface area is 167 Å². The first-order chi connectivity index (χ1) is 13.9. The van der Waals surface area contributed by atoms with Gasteiger partial charge >= 0.3 is 24.4 Å². The predicted molar refractivity (Wildman–Crippen MR) is 91.8 cm³/mol. The van der Waals surface area contributed by atoms with E-state index in [1.54, 1.807) is 24.3 Å². The van der Waals surface area contributed by atoms with Crippen molar-refractivity contribution in [3.63, 3.8) is 0 Å². The minimum absolute atomic E-state index is 0.119. The number of halogens is 6. The molecule has 1 fully saturated rings. The van der Waals surface area contributed by atoms with Crippen LogP contribution in [0.2, 0.25) is 0 Å². The van der Waals surface area contributed by atoms with Crippen molar-refractivity contribution >= 4 is 17.7 Å². The SMILES string of the molecule is O=C(O)CNc1ccccc1CN1CCN(C(=O)OC(C(F)(F)F)C(F)(F)F)CC1. The molecule has 0 bridgehead atoms. The van der Waals surface area contributed by atoms with Crippen LogP contribution in [0.25, 0.3) is 0 Å². The second-order valence-electron chi connectivity index (χ2n) is 6.51. The molecule has 0 aliphatic carbocycles. The second kappa shape index (κ2) is 9.41. The van der Waals surface area contributed by atoms with E-state index in [1.807, 2.05) is 4.90 Å². The number of amides is 1. The number of piperazine rings is 1. The summed E-state index contributed by atoms with van der Waals surface area (Å²) >= 11 is 0. The lowest BCUT2D eigenvalue weighted by atomic mass is 10.1. The number of carbonyl (C=O) groups is 2. The fourth-order valence-electron chi connectivity index (χ4n) is 2.83. The standard InChI is InChI=1S/C17H19F6N3O4/c18-16(19,20)14(17(21,22)23)30-15(29)26-7-5-25(6-8-26)10-11-3-1-2-4-12(11)24-9-13(27)28/h1-4,14,24H,5-10H2,(H,27,28). The van der Waals surface area contributed by atoms with Gasteiger partial charge in [-0.05, 0) is 11.6 Å². The molecule has 1 aromatic carbocycles. The van der Waals surface area contributed by atoms with Crippen LogP contribution in [-0.4, -0.2) is 78.1 Å². The molecule has 0 unspecified atom stereocenters. The van der Waals surface area contributed by atoms with Gasteiger partial charge in [0.1, 0.15) is 6.54 Å². The molecular formula is C17H19F6N3O4. The molecule has 0 aromatic heterocycles. The Morgan fingerprint density at radius 2 is 1.60 bits per heavy atom. The minimum atomic E-state index is -5.76. The van der Waals surface area contributed by atoms with Crippen LogP contribution in [0.5, 0.6) is 0 Å². The molecular weight excluding hydrogens is 424 g/mol. The van der Waals surface area contributed by atoms with E-state index in [2.05, 4.69) is 10.1 Å². The summed E-state index contributed by atoms with van der Waals surface area (Å²) in [4.78, 5) is 25.1. The molecule has 0 radical (unpaired) electrons. The van der Waals surface area contributed by atoms with Gasteiger partial charge in [-0.3, -0.25) is 9.69 Å². The van der Waals surface area contributed by atoms with Gasteiger partial charge in [-0.25, -0.2) is 4.79 Å². The van der Waals surface area contributed by atoms with Crippen molar-refractivity contribution in [2.24, 2.45) is 0 Å². The monoisotopic (exact) mass is 443 g/mol. The third kappa shape index (κ3) is 6.68. The number of carbonyl (C=O) groups excluding carboxylic acids is 1. The number of carboxylic acid groups (broad SMARTS) is 1. The third-order valence-electron chi connectivity index (χ3n) is 4.29. The van der Waals surface area contributed by atoms with E-state index < -0.39 is 30.5 Å². The Bertz CT molecular complexity index is 734. The van der Waals surface area contributed by atoms with Gasteiger partial charge in [0.05, 0.1) is 0 Å². The van der Waals surface area contributed by atoms with Crippen LogP contribution in [0.3, 0.4) is 0 Å². The number of nitrogens with one attached hydrogen (secondary N) is 1. The van der Waals surface area contributed by atoms with Crippen LogP contribution in [0, 0.1) is 0 Å². The molecule has 0 saturated carbocycles. The van der Waals surface area contributed by atoms with E-state index in [0.717, 1.165) is 10.5 Å². The molecule has 1 aliphatic heterocycles. The molecule has 1 heterocycles. The van der Waals surface area contributed by atoms with Crippen LogP contribution in [0.4, 0.5) is 36.8 Å². The molecule has 1 aromatic rings. The number of carboxylic acids is 1. The molecule has 2 rings (SSSR count). The van der Waals surface area contributed by atoms with Gasteiger partial charge < -0.3 is 20.1 Å². The number of benzene rings is 1. The van der Waals surface area contributed by atoms with E-state index in [-0.39, 0.29) is 32.7 Å². The summed E-state index contributed by atoms with van der Waals surface area (Å²) < 4.78 is 78.9. The summed E-state index contributed by atoms with van der Waals surface area (Å²) in [5.74, 6) is -1.05. The summed E-state index contributed by atoms with van der Waals surface area (Å²) in [5.41, 5.74) is 1.34. The van der Waals surface area contributed by atoms with Crippen molar-refractivity contribution in [2.45, 2.75) is 25.0 Å². The number of rotatable bonds is 6. The van der Waals surface area contributed by atoms with Crippen molar-refractivity contribution < 1.29 is 45.8 Å². The highest BCUT2D eigenvalue weighted by Crippen LogP contribution is 2.36. The van der Waals surface area contributed by atoms with Crippen LogP contribution in [0.15, 0.2) is 24.3 Å². The summed E-state index contributed by atoms with van der Waals surface area (Å²) in [7, 11) is 0. The Morgan fingerprint density at radius 1 is 1.03 bits per heavy atom. The summed E-state index contributed by atoms with van der Waals surface area (Å²) in [6.45, 7) is 0.184. The summed E-state index contributed by atoms with van der Waals surface area (Å²) in [6, 6.07) is 6.88. The average molecular weight is 443 g/mol. The van der Waals surface area contributed by atoms with Gasteiger partial charge in [0.2, 0.25) is 0 Å². The van der Waals surface area contributed by atoms with Crippen LogP contribution >= 0.6 is 0 Å². The van der Waals surface area contributed by atoms with Gasteiger partial charge in [0, 0.05) is 38.4 Å². The molecule has 30 heavy (non-hydrogen) atoms. The van der Waals surface area contributed by atoms with E-state index in [4.69, 9.17) is 5.11 Å². The maximum Gasteiger partial charge on any atom is 0.434 e. The third-order valence-corrected chi connectivity index (χ3v) is 4.29. The highest BCUT2D eigenvalue weighted by Gasteiger charge is 2.60. The molecule has 168 valence electrons. The number of para-hydroxylation sites is 1. The molecule has 1 saturated heterocycles. The molecule has 1 aliphatic rings. The van der Waals surface area contributed by atoms with E-state index in [0.29, 0.717) is 12.2 Å². The normalized spacial score (nSPS) is 15.9. The summed E-state index contributed by atoms with van der Waals surface area (Å²) in [5, 5.41) is 11.5. The fraction of sp³-hybridized carbons (Fsp3) is 0.529. The highest BCUT2D eigenvalue weighted by atomic mass is 19.4. The lowest BCUT2D eigenvalue weighted by Gasteiger charge is -2.35. The van der Waals surface area contributed by atoms with Crippen molar-refractivity contribution in [3.05, 3.63) is 29.8 Å². The Morgan fingerprint density at radius 3 is 2.13 bits per heavy atom. The number of nitrogens with zero attached hydrogens (tertiary/aromatic N) is 2. The van der Waals surface area contributed by atoms with Crippen molar-refractivity contribution in [2.75, 3.05) is 38.0 Å². The van der Waals surface area contributed by atoms with Crippen molar-refractivity contribution in [3.8, 4) is 0 Å². The van der Waals surface area contributed by atoms with Crippen molar-refractivity contribution in [1.82, 2.24) is 9.80 Å². The first-order valence-electron chi connectivity index (χ1n) is 8.73. The first-order valence-corrected chi connectivity index (χ1v) is 8.73. The lowest BCUT2D eigenvalue weighted by molar-refractivity contribution is -0.308. The maximum absolute atomic E-state index is 12.5. The van der Waals surface area contributed by atoms with Gasteiger partial charge in [-0.2, -0.15) is 26.3 Å². The number of aliphatic carboxylic acids is 1. The maximum atomic E-state index is 12.5. The zero-order chi connectivity index (χ0) is 22.5. The molecule has 2 N–H and O–H groups in total. The van der Waals surface area contributed by atoms with Crippen molar-refractivity contribution in [1.29, 1.82) is 0 Å². The molecule has 13 heteroatoms. The van der Waals surface area contributed by atoms with Gasteiger partial charge in [-0.1, -0.05) is 18.2 Å². The van der Waals surface area contributed by atoms with Crippen LogP contribution in [0.1, 0.15) is 5.56 Å². The quantitative estimate of drug-likeness (QED) is 0.659. The smallest absolute Gasteiger partial charge is 0.434 e. The average Bonchev–Trinajstić information content (AvgIpc) is 2.64. The van der Waals surface area contributed by atoms with E-state index in [1.165, 1.54) is 0 Å². The number of ether oxygens (including phenoxy) is 1. The van der Waals surface area contributed by atoms with Crippen LogP contribution in [-0.2, 0) is 16.1 Å². The number of anilines is 1. The molecule has 7 nitrogen and oxygen atoms in total. The predicted octanol–water partition coefficient (Wildman–Crippen LogP) is 2.93. The lowest BCUT2D eigenvalue weighted by Crippen LogP contribution is -2.52. The first kappa shape index (κ1) is 23.6. The largest absolute Gasteiger partial charge is 0.480 e. The van der Waals surface area contributed by atoms with E-state index >= 15 is 0 Å². The van der Waals surface area contributed by atoms with Gasteiger partial charge in [0.25, 0.3) is 6.10 Å². The van der Waals surface area contributed by atoms with Gasteiger partial charge in [0.15, 0.2) is 0 Å².